The van der Waals surface area contributed by atoms with E-state index in [9.17, 15) is 4.39 Å². The summed E-state index contributed by atoms with van der Waals surface area (Å²) in [5.41, 5.74) is 7.68. The van der Waals surface area contributed by atoms with Gasteiger partial charge in [0.05, 0.1) is 13.2 Å². The van der Waals surface area contributed by atoms with Crippen LogP contribution >= 0.6 is 0 Å². The minimum absolute atomic E-state index is 0.195. The van der Waals surface area contributed by atoms with Crippen molar-refractivity contribution in [1.29, 1.82) is 0 Å². The topological polar surface area (TPSA) is 53.7 Å². The molecule has 0 bridgehead atoms. The molecule has 1 unspecified atom stereocenters. The number of hydrogen-bond donors (Lipinski definition) is 1. The van der Waals surface area contributed by atoms with Gasteiger partial charge in [-0.1, -0.05) is 18.2 Å². The van der Waals surface area contributed by atoms with Crippen LogP contribution in [0, 0.1) is 5.82 Å². The smallest absolute Gasteiger partial charge is 0.166 e. The van der Waals surface area contributed by atoms with Gasteiger partial charge >= 0.3 is 0 Å². The summed E-state index contributed by atoms with van der Waals surface area (Å²) in [5.74, 6) is 1.06. The largest absolute Gasteiger partial charge is 0.494 e. The molecule has 0 aliphatic carbocycles. The second kappa shape index (κ2) is 5.61. The van der Waals surface area contributed by atoms with Gasteiger partial charge in [0.1, 0.15) is 13.2 Å². The number of hydrogen-bond acceptors (Lipinski definition) is 4. The maximum atomic E-state index is 13.8. The van der Waals surface area contributed by atoms with Gasteiger partial charge in [-0.3, -0.25) is 0 Å². The maximum Gasteiger partial charge on any atom is 0.166 e. The van der Waals surface area contributed by atoms with Crippen molar-refractivity contribution in [3.63, 3.8) is 0 Å². The highest BCUT2D eigenvalue weighted by Crippen LogP contribution is 2.38. The minimum Gasteiger partial charge on any atom is -0.494 e. The highest BCUT2D eigenvalue weighted by molar-refractivity contribution is 5.51. The van der Waals surface area contributed by atoms with Crippen LogP contribution in [0.2, 0.25) is 0 Å². The first-order valence-electron chi connectivity index (χ1n) is 6.68. The van der Waals surface area contributed by atoms with Crippen molar-refractivity contribution in [2.24, 2.45) is 5.73 Å². The van der Waals surface area contributed by atoms with Crippen LogP contribution in [0.3, 0.4) is 0 Å². The lowest BCUT2D eigenvalue weighted by Gasteiger charge is -2.23. The molecule has 1 aliphatic rings. The second-order valence-electron chi connectivity index (χ2n) is 4.74. The molecule has 5 heteroatoms. The van der Waals surface area contributed by atoms with E-state index < -0.39 is 11.9 Å². The monoisotopic (exact) mass is 289 g/mol. The van der Waals surface area contributed by atoms with Crippen molar-refractivity contribution < 1.29 is 18.6 Å². The molecule has 3 rings (SSSR count). The molecule has 2 aromatic rings. The molecule has 0 radical (unpaired) electrons. The Morgan fingerprint density at radius 1 is 1.19 bits per heavy atom. The number of para-hydroxylation sites is 1. The van der Waals surface area contributed by atoms with Crippen LogP contribution in [0.4, 0.5) is 4.39 Å². The number of nitrogens with two attached hydrogens (primary N) is 1. The molecule has 110 valence electrons. The zero-order chi connectivity index (χ0) is 14.8. The van der Waals surface area contributed by atoms with Crippen LogP contribution in [0.15, 0.2) is 36.4 Å². The van der Waals surface area contributed by atoms with Gasteiger partial charge in [0.15, 0.2) is 23.1 Å². The Morgan fingerprint density at radius 3 is 2.76 bits per heavy atom. The number of fused-ring (bicyclic) bond motifs is 1. The number of rotatable bonds is 3. The van der Waals surface area contributed by atoms with E-state index in [1.54, 1.807) is 12.1 Å². The van der Waals surface area contributed by atoms with Crippen LogP contribution in [-0.4, -0.2) is 20.3 Å². The SMILES string of the molecule is COc1ccc(C(N)c2cccc3c2OCCO3)cc1F. The first kappa shape index (κ1) is 13.7. The lowest BCUT2D eigenvalue weighted by Crippen LogP contribution is -2.20. The fourth-order valence-corrected chi connectivity index (χ4v) is 2.40. The Bertz CT molecular complexity index is 660. The predicted molar refractivity (Wildman–Crippen MR) is 76.4 cm³/mol. The molecule has 0 amide bonds. The molecule has 0 fully saturated rings. The number of ether oxygens (including phenoxy) is 3. The first-order valence-corrected chi connectivity index (χ1v) is 6.68. The Hall–Kier alpha value is -2.27. The quantitative estimate of drug-likeness (QED) is 0.944. The van der Waals surface area contributed by atoms with Gasteiger partial charge in [0, 0.05) is 5.56 Å². The van der Waals surface area contributed by atoms with E-state index in [1.165, 1.54) is 13.2 Å². The molecule has 4 nitrogen and oxygen atoms in total. The number of halogens is 1. The summed E-state index contributed by atoms with van der Waals surface area (Å²) in [6.07, 6.45) is 0. The second-order valence-corrected chi connectivity index (χ2v) is 4.74. The van der Waals surface area contributed by atoms with E-state index >= 15 is 0 Å². The lowest BCUT2D eigenvalue weighted by molar-refractivity contribution is 0.169. The van der Waals surface area contributed by atoms with Crippen LogP contribution in [0.25, 0.3) is 0 Å². The van der Waals surface area contributed by atoms with E-state index in [2.05, 4.69) is 0 Å². The fourth-order valence-electron chi connectivity index (χ4n) is 2.40. The molecule has 2 aromatic carbocycles. The summed E-state index contributed by atoms with van der Waals surface area (Å²) in [7, 11) is 1.43. The third-order valence-electron chi connectivity index (χ3n) is 3.47. The van der Waals surface area contributed by atoms with Gasteiger partial charge in [-0.2, -0.15) is 0 Å². The number of benzene rings is 2. The van der Waals surface area contributed by atoms with E-state index in [1.807, 2.05) is 18.2 Å². The molecule has 0 aromatic heterocycles. The highest BCUT2D eigenvalue weighted by Gasteiger charge is 2.21. The Labute approximate surface area is 122 Å². The van der Waals surface area contributed by atoms with Crippen molar-refractivity contribution >= 4 is 0 Å². The Kier molecular flexibility index (Phi) is 3.66. The maximum absolute atomic E-state index is 13.8. The number of methoxy groups -OCH3 is 1. The van der Waals surface area contributed by atoms with Crippen LogP contribution in [0.5, 0.6) is 17.2 Å². The van der Waals surface area contributed by atoms with Gasteiger partial charge in [-0.25, -0.2) is 4.39 Å². The predicted octanol–water partition coefficient (Wildman–Crippen LogP) is 2.65. The van der Waals surface area contributed by atoms with Crippen molar-refractivity contribution in [3.8, 4) is 17.2 Å². The Balaban J connectivity index is 1.99. The highest BCUT2D eigenvalue weighted by atomic mass is 19.1. The molecular weight excluding hydrogens is 273 g/mol. The van der Waals surface area contributed by atoms with Gasteiger partial charge in [0.2, 0.25) is 0 Å². The van der Waals surface area contributed by atoms with Crippen molar-refractivity contribution in [2.45, 2.75) is 6.04 Å². The van der Waals surface area contributed by atoms with Crippen molar-refractivity contribution in [3.05, 3.63) is 53.3 Å². The summed E-state index contributed by atoms with van der Waals surface area (Å²) >= 11 is 0. The summed E-state index contributed by atoms with van der Waals surface area (Å²) in [4.78, 5) is 0. The normalized spacial score (nSPS) is 14.6. The van der Waals surface area contributed by atoms with Gasteiger partial charge < -0.3 is 19.9 Å². The fraction of sp³-hybridized carbons (Fsp3) is 0.250. The van der Waals surface area contributed by atoms with Crippen LogP contribution in [-0.2, 0) is 0 Å². The van der Waals surface area contributed by atoms with E-state index in [0.29, 0.717) is 30.3 Å². The summed E-state index contributed by atoms with van der Waals surface area (Å²) in [6, 6.07) is 9.74. The van der Waals surface area contributed by atoms with Gasteiger partial charge in [-0.05, 0) is 23.8 Å². The zero-order valence-electron chi connectivity index (χ0n) is 11.6. The summed E-state index contributed by atoms with van der Waals surface area (Å²) < 4.78 is 29.9. The molecular formula is C16H16FNO3. The molecule has 0 saturated heterocycles. The molecule has 1 heterocycles. The first-order chi connectivity index (χ1) is 10.2. The van der Waals surface area contributed by atoms with E-state index in [0.717, 1.165) is 5.56 Å². The van der Waals surface area contributed by atoms with Gasteiger partial charge in [0.25, 0.3) is 0 Å². The molecule has 1 atom stereocenters. The van der Waals surface area contributed by atoms with Crippen LogP contribution in [0.1, 0.15) is 17.2 Å². The average molecular weight is 289 g/mol. The zero-order valence-corrected chi connectivity index (χ0v) is 11.6. The summed E-state index contributed by atoms with van der Waals surface area (Å²) in [5, 5.41) is 0. The standard InChI is InChI=1S/C16H16FNO3/c1-19-13-6-5-10(9-12(13)17)15(18)11-3-2-4-14-16(11)21-8-7-20-14/h2-6,9,15H,7-8,18H2,1H3. The summed E-state index contributed by atoms with van der Waals surface area (Å²) in [6.45, 7) is 0.997. The van der Waals surface area contributed by atoms with E-state index in [-0.39, 0.29) is 5.75 Å². The average Bonchev–Trinajstić information content (AvgIpc) is 2.53. The molecule has 2 N–H and O–H groups in total. The van der Waals surface area contributed by atoms with Crippen molar-refractivity contribution in [2.75, 3.05) is 20.3 Å². The minimum atomic E-state index is -0.498. The van der Waals surface area contributed by atoms with Crippen LogP contribution < -0.4 is 19.9 Å². The van der Waals surface area contributed by atoms with Gasteiger partial charge in [-0.15, -0.1) is 0 Å². The molecule has 0 saturated carbocycles. The third kappa shape index (κ3) is 2.52. The molecule has 1 aliphatic heterocycles. The lowest BCUT2D eigenvalue weighted by atomic mass is 9.98. The van der Waals surface area contributed by atoms with Crippen molar-refractivity contribution in [1.82, 2.24) is 0 Å². The third-order valence-corrected chi connectivity index (χ3v) is 3.47. The Morgan fingerprint density at radius 2 is 2.00 bits per heavy atom. The van der Waals surface area contributed by atoms with E-state index in [4.69, 9.17) is 19.9 Å². The molecule has 21 heavy (non-hydrogen) atoms. The molecule has 0 spiro atoms.